The number of carbonyl (C=O) groups is 1. The number of carboxylic acid groups (broad SMARTS) is 1. The van der Waals surface area contributed by atoms with Crippen LogP contribution in [0.3, 0.4) is 0 Å². The van der Waals surface area contributed by atoms with E-state index in [1.165, 1.54) is 12.1 Å². The van der Waals surface area contributed by atoms with E-state index in [0.29, 0.717) is 5.65 Å². The first-order chi connectivity index (χ1) is 6.16. The molecule has 0 atom stereocenters. The molecule has 0 aromatic carbocycles. The summed E-state index contributed by atoms with van der Waals surface area (Å²) in [5.41, 5.74) is 0.304. The van der Waals surface area contributed by atoms with Crippen molar-refractivity contribution < 1.29 is 14.3 Å². The summed E-state index contributed by atoms with van der Waals surface area (Å²) in [6.45, 7) is 0. The maximum Gasteiger partial charge on any atom is 0.375 e. The van der Waals surface area contributed by atoms with Crippen molar-refractivity contribution in [1.82, 2.24) is 14.6 Å². The van der Waals surface area contributed by atoms with Crippen LogP contribution in [0.15, 0.2) is 18.3 Å². The predicted molar refractivity (Wildman–Crippen MR) is 39.9 cm³/mol. The van der Waals surface area contributed by atoms with Gasteiger partial charge in [-0.15, -0.1) is 5.10 Å². The summed E-state index contributed by atoms with van der Waals surface area (Å²) < 4.78 is 13.7. The lowest BCUT2D eigenvalue weighted by Gasteiger charge is -1.88. The van der Waals surface area contributed by atoms with Gasteiger partial charge >= 0.3 is 5.97 Å². The van der Waals surface area contributed by atoms with E-state index in [2.05, 4.69) is 10.1 Å². The van der Waals surface area contributed by atoms with Crippen LogP contribution < -0.4 is 0 Å². The van der Waals surface area contributed by atoms with Gasteiger partial charge in [-0.3, -0.25) is 0 Å². The largest absolute Gasteiger partial charge is 0.475 e. The SMILES string of the molecule is O=C(O)c1nc2ccc(F)cn2n1. The smallest absolute Gasteiger partial charge is 0.375 e. The Morgan fingerprint density at radius 3 is 3.00 bits per heavy atom. The Morgan fingerprint density at radius 2 is 2.31 bits per heavy atom. The van der Waals surface area contributed by atoms with Crippen LogP contribution in [0.5, 0.6) is 0 Å². The van der Waals surface area contributed by atoms with Crippen molar-refractivity contribution in [2.75, 3.05) is 0 Å². The van der Waals surface area contributed by atoms with Crippen molar-refractivity contribution in [3.8, 4) is 0 Å². The number of hydrogen-bond acceptors (Lipinski definition) is 3. The quantitative estimate of drug-likeness (QED) is 0.698. The van der Waals surface area contributed by atoms with Gasteiger partial charge in [-0.05, 0) is 12.1 Å². The zero-order chi connectivity index (χ0) is 9.42. The molecule has 0 unspecified atom stereocenters. The Bertz CT molecular complexity index is 480. The lowest BCUT2D eigenvalue weighted by molar-refractivity contribution is 0.0684. The molecule has 0 aliphatic rings. The topological polar surface area (TPSA) is 67.5 Å². The Balaban J connectivity index is 2.68. The van der Waals surface area contributed by atoms with E-state index in [1.54, 1.807) is 0 Å². The average molecular weight is 181 g/mol. The van der Waals surface area contributed by atoms with Crippen molar-refractivity contribution >= 4 is 11.6 Å². The highest BCUT2D eigenvalue weighted by atomic mass is 19.1. The highest BCUT2D eigenvalue weighted by Crippen LogP contribution is 2.03. The van der Waals surface area contributed by atoms with Crippen molar-refractivity contribution in [1.29, 1.82) is 0 Å². The molecule has 0 aliphatic carbocycles. The second-order valence-electron chi connectivity index (χ2n) is 2.39. The second kappa shape index (κ2) is 2.51. The van der Waals surface area contributed by atoms with Gasteiger partial charge in [0.25, 0.3) is 5.82 Å². The standard InChI is InChI=1S/C7H4FN3O2/c8-4-1-2-5-9-6(7(12)13)10-11(5)3-4/h1-3H,(H,12,13). The number of carboxylic acids is 1. The number of hydrogen-bond donors (Lipinski definition) is 1. The third kappa shape index (κ3) is 1.22. The number of fused-ring (bicyclic) bond motifs is 1. The van der Waals surface area contributed by atoms with Crippen LogP contribution in [0.25, 0.3) is 5.65 Å². The number of aromatic carboxylic acids is 1. The highest BCUT2D eigenvalue weighted by Gasteiger charge is 2.10. The zero-order valence-corrected chi connectivity index (χ0v) is 6.31. The second-order valence-corrected chi connectivity index (χ2v) is 2.39. The molecule has 66 valence electrons. The minimum atomic E-state index is -1.23. The molecule has 0 amide bonds. The lowest BCUT2D eigenvalue weighted by atomic mass is 10.5. The molecule has 0 aliphatic heterocycles. The molecule has 0 saturated heterocycles. The van der Waals surface area contributed by atoms with Crippen LogP contribution >= 0.6 is 0 Å². The monoisotopic (exact) mass is 181 g/mol. The predicted octanol–water partition coefficient (Wildman–Crippen LogP) is 0.567. The molecule has 5 nitrogen and oxygen atoms in total. The lowest BCUT2D eigenvalue weighted by Crippen LogP contribution is -1.99. The van der Waals surface area contributed by atoms with Gasteiger partial charge in [-0.25, -0.2) is 18.7 Å². The minimum absolute atomic E-state index is 0.304. The average Bonchev–Trinajstić information content (AvgIpc) is 2.46. The summed E-state index contributed by atoms with van der Waals surface area (Å²) in [6.07, 6.45) is 1.06. The molecule has 2 aromatic rings. The van der Waals surface area contributed by atoms with E-state index in [4.69, 9.17) is 5.11 Å². The summed E-state index contributed by atoms with van der Waals surface area (Å²) in [5, 5.41) is 12.1. The van der Waals surface area contributed by atoms with E-state index < -0.39 is 11.8 Å². The van der Waals surface area contributed by atoms with Gasteiger partial charge in [-0.1, -0.05) is 0 Å². The molecule has 6 heteroatoms. The first kappa shape index (κ1) is 7.66. The van der Waals surface area contributed by atoms with E-state index in [1.807, 2.05) is 0 Å². The fourth-order valence-corrected chi connectivity index (χ4v) is 0.949. The van der Waals surface area contributed by atoms with Gasteiger partial charge in [-0.2, -0.15) is 0 Å². The summed E-state index contributed by atoms with van der Waals surface area (Å²) in [5.74, 6) is -2.07. The number of pyridine rings is 1. The summed E-state index contributed by atoms with van der Waals surface area (Å²) in [7, 11) is 0. The van der Waals surface area contributed by atoms with Gasteiger partial charge in [0.1, 0.15) is 5.82 Å². The van der Waals surface area contributed by atoms with Crippen LogP contribution in [-0.4, -0.2) is 25.7 Å². The zero-order valence-electron chi connectivity index (χ0n) is 6.31. The molecule has 0 saturated carbocycles. The summed E-state index contributed by atoms with van der Waals surface area (Å²) >= 11 is 0. The Morgan fingerprint density at radius 1 is 1.54 bits per heavy atom. The fourth-order valence-electron chi connectivity index (χ4n) is 0.949. The van der Waals surface area contributed by atoms with Crippen LogP contribution in [0, 0.1) is 5.82 Å². The minimum Gasteiger partial charge on any atom is -0.475 e. The maximum atomic E-state index is 12.6. The molecule has 0 radical (unpaired) electrons. The molecule has 13 heavy (non-hydrogen) atoms. The van der Waals surface area contributed by atoms with Crippen LogP contribution in [0.2, 0.25) is 0 Å². The molecular weight excluding hydrogens is 177 g/mol. The molecule has 2 aromatic heterocycles. The van der Waals surface area contributed by atoms with Crippen LogP contribution in [-0.2, 0) is 0 Å². The van der Waals surface area contributed by atoms with E-state index in [0.717, 1.165) is 10.7 Å². The molecule has 2 rings (SSSR count). The van der Waals surface area contributed by atoms with E-state index in [-0.39, 0.29) is 5.82 Å². The molecule has 0 fully saturated rings. The number of rotatable bonds is 1. The normalized spacial score (nSPS) is 10.5. The molecule has 0 bridgehead atoms. The van der Waals surface area contributed by atoms with Gasteiger partial charge < -0.3 is 5.11 Å². The first-order valence-corrected chi connectivity index (χ1v) is 3.42. The molecule has 0 spiro atoms. The van der Waals surface area contributed by atoms with Crippen molar-refractivity contribution in [2.45, 2.75) is 0 Å². The third-order valence-electron chi connectivity index (χ3n) is 1.49. The van der Waals surface area contributed by atoms with Crippen molar-refractivity contribution in [2.24, 2.45) is 0 Å². The molecule has 2 heterocycles. The maximum absolute atomic E-state index is 12.6. The van der Waals surface area contributed by atoms with Gasteiger partial charge in [0.2, 0.25) is 0 Å². The summed E-state index contributed by atoms with van der Waals surface area (Å²) in [4.78, 5) is 14.1. The van der Waals surface area contributed by atoms with Crippen molar-refractivity contribution in [3.05, 3.63) is 30.0 Å². The Labute approximate surface area is 71.4 Å². The van der Waals surface area contributed by atoms with Gasteiger partial charge in [0.05, 0.1) is 6.20 Å². The fraction of sp³-hybridized carbons (Fsp3) is 0. The van der Waals surface area contributed by atoms with E-state index >= 15 is 0 Å². The highest BCUT2D eigenvalue weighted by molar-refractivity contribution is 5.83. The number of halogens is 1. The van der Waals surface area contributed by atoms with Crippen molar-refractivity contribution in [3.63, 3.8) is 0 Å². The van der Waals surface area contributed by atoms with Gasteiger partial charge in [0, 0.05) is 0 Å². The Kier molecular flexibility index (Phi) is 1.48. The third-order valence-corrected chi connectivity index (χ3v) is 1.49. The van der Waals surface area contributed by atoms with Crippen LogP contribution in [0.4, 0.5) is 4.39 Å². The summed E-state index contributed by atoms with van der Waals surface area (Å²) in [6, 6.07) is 2.55. The Hall–Kier alpha value is -1.98. The van der Waals surface area contributed by atoms with Crippen LogP contribution in [0.1, 0.15) is 10.6 Å². The van der Waals surface area contributed by atoms with E-state index in [9.17, 15) is 9.18 Å². The molecule has 1 N–H and O–H groups in total. The molecular formula is C7H4FN3O2. The number of aromatic nitrogens is 3. The first-order valence-electron chi connectivity index (χ1n) is 3.42. The number of nitrogens with zero attached hydrogens (tertiary/aromatic N) is 3. The van der Waals surface area contributed by atoms with Gasteiger partial charge in [0.15, 0.2) is 5.65 Å².